The lowest BCUT2D eigenvalue weighted by Gasteiger charge is -2.24. The third-order valence-electron chi connectivity index (χ3n) is 6.60. The summed E-state index contributed by atoms with van der Waals surface area (Å²) in [6.07, 6.45) is 4.51. The van der Waals surface area contributed by atoms with Gasteiger partial charge < -0.3 is 24.1 Å². The summed E-state index contributed by atoms with van der Waals surface area (Å²) in [6, 6.07) is 3.84. The zero-order chi connectivity index (χ0) is 21.4. The molecule has 1 aliphatic heterocycles. The van der Waals surface area contributed by atoms with Gasteiger partial charge in [0.2, 0.25) is 0 Å². The molecule has 0 radical (unpaired) electrons. The molecule has 0 spiro atoms. The predicted octanol–water partition coefficient (Wildman–Crippen LogP) is 1.88. The smallest absolute Gasteiger partial charge is 0.339 e. The summed E-state index contributed by atoms with van der Waals surface area (Å²) in [7, 11) is 3.96. The van der Waals surface area contributed by atoms with Gasteiger partial charge in [-0.1, -0.05) is 0 Å². The third kappa shape index (κ3) is 3.72. The van der Waals surface area contributed by atoms with Crippen molar-refractivity contribution in [1.29, 1.82) is 0 Å². The minimum atomic E-state index is -0.258. The van der Waals surface area contributed by atoms with Crippen LogP contribution in [0.15, 0.2) is 21.3 Å². The first-order valence-corrected chi connectivity index (χ1v) is 10.7. The second-order valence-electron chi connectivity index (χ2n) is 8.64. The molecular formula is C23H30N2O5. The summed E-state index contributed by atoms with van der Waals surface area (Å²) in [6.45, 7) is 2.27. The van der Waals surface area contributed by atoms with Gasteiger partial charge >= 0.3 is 5.63 Å². The van der Waals surface area contributed by atoms with E-state index < -0.39 is 0 Å². The average molecular weight is 415 g/mol. The summed E-state index contributed by atoms with van der Waals surface area (Å²) < 4.78 is 11.5. The molecule has 0 unspecified atom stereocenters. The Bertz CT molecular complexity index is 1010. The fourth-order valence-electron chi connectivity index (χ4n) is 4.75. The fraction of sp³-hybridized carbons (Fsp3) is 0.565. The van der Waals surface area contributed by atoms with Crippen molar-refractivity contribution in [3.8, 4) is 5.75 Å². The van der Waals surface area contributed by atoms with Crippen LogP contribution in [0.25, 0.3) is 11.0 Å². The number of ether oxygens (including phenoxy) is 1. The van der Waals surface area contributed by atoms with Crippen molar-refractivity contribution in [3.63, 3.8) is 0 Å². The van der Waals surface area contributed by atoms with Crippen LogP contribution in [-0.4, -0.2) is 66.8 Å². The lowest BCUT2D eigenvalue weighted by atomic mass is 9.90. The highest BCUT2D eigenvalue weighted by Gasteiger charge is 2.35. The quantitative estimate of drug-likeness (QED) is 0.753. The van der Waals surface area contributed by atoms with Crippen molar-refractivity contribution in [2.75, 3.05) is 33.9 Å². The van der Waals surface area contributed by atoms with Crippen molar-refractivity contribution >= 4 is 16.9 Å². The van der Waals surface area contributed by atoms with E-state index in [1.807, 2.05) is 33.2 Å². The van der Waals surface area contributed by atoms with E-state index in [4.69, 9.17) is 9.15 Å². The largest absolute Gasteiger partial charge is 0.483 e. The zero-order valence-corrected chi connectivity index (χ0v) is 17.9. The standard InChI is InChI=1S/C23H30N2O5/c1-14-20(29-13-21(27)25-11-15(24(2)3)10-16(25)12-26)9-8-18-17-6-4-5-7-19(17)23(28)30-22(14)18/h8-9,15-16,26H,4-7,10-13H2,1-3H3/t15-,16+/m1/s1. The Labute approximate surface area is 176 Å². The van der Waals surface area contributed by atoms with E-state index in [9.17, 15) is 14.7 Å². The molecule has 30 heavy (non-hydrogen) atoms. The average Bonchev–Trinajstić information content (AvgIpc) is 3.19. The molecule has 1 aromatic carbocycles. The number of amides is 1. The van der Waals surface area contributed by atoms with Crippen molar-refractivity contribution in [2.45, 2.75) is 51.1 Å². The third-order valence-corrected chi connectivity index (χ3v) is 6.60. The number of likely N-dealkylation sites (N-methyl/N-ethyl adjacent to an activating group) is 1. The topological polar surface area (TPSA) is 83.2 Å². The Morgan fingerprint density at radius 1 is 1.27 bits per heavy atom. The molecule has 0 saturated carbocycles. The van der Waals surface area contributed by atoms with Crippen LogP contribution < -0.4 is 10.4 Å². The Balaban J connectivity index is 1.54. The zero-order valence-electron chi connectivity index (χ0n) is 17.9. The van der Waals surface area contributed by atoms with Gasteiger partial charge in [0, 0.05) is 29.1 Å². The molecule has 2 aromatic rings. The fourth-order valence-corrected chi connectivity index (χ4v) is 4.75. The molecule has 1 aliphatic carbocycles. The SMILES string of the molecule is Cc1c(OCC(=O)N2C[C@H](N(C)C)C[C@H]2CO)ccc2c3c(c(=O)oc12)CCCC3. The van der Waals surface area contributed by atoms with Crippen LogP contribution in [-0.2, 0) is 17.6 Å². The highest BCUT2D eigenvalue weighted by atomic mass is 16.5. The molecule has 2 aliphatic rings. The minimum absolute atomic E-state index is 0.0542. The summed E-state index contributed by atoms with van der Waals surface area (Å²) in [5, 5.41) is 10.6. The first kappa shape index (κ1) is 20.9. The maximum absolute atomic E-state index is 12.8. The van der Waals surface area contributed by atoms with Crippen LogP contribution in [0.4, 0.5) is 0 Å². The van der Waals surface area contributed by atoms with E-state index in [2.05, 4.69) is 4.90 Å². The number of hydrogen-bond donors (Lipinski definition) is 1. The van der Waals surface area contributed by atoms with Gasteiger partial charge in [0.05, 0.1) is 12.6 Å². The molecule has 1 amide bonds. The lowest BCUT2D eigenvalue weighted by molar-refractivity contribution is -0.135. The van der Waals surface area contributed by atoms with Crippen LogP contribution in [0, 0.1) is 6.92 Å². The van der Waals surface area contributed by atoms with Gasteiger partial charge in [-0.2, -0.15) is 0 Å². The number of aryl methyl sites for hydroxylation is 2. The van der Waals surface area contributed by atoms with E-state index in [0.717, 1.165) is 54.2 Å². The maximum atomic E-state index is 12.8. The minimum Gasteiger partial charge on any atom is -0.483 e. The van der Waals surface area contributed by atoms with Crippen molar-refractivity contribution in [1.82, 2.24) is 9.80 Å². The van der Waals surface area contributed by atoms with Gasteiger partial charge in [0.15, 0.2) is 6.61 Å². The number of aliphatic hydroxyl groups is 1. The molecule has 1 saturated heterocycles. The second-order valence-corrected chi connectivity index (χ2v) is 8.64. The molecule has 162 valence electrons. The summed E-state index contributed by atoms with van der Waals surface area (Å²) in [4.78, 5) is 29.0. The number of carbonyl (C=O) groups is 1. The summed E-state index contributed by atoms with van der Waals surface area (Å²) in [5.41, 5.74) is 2.92. The lowest BCUT2D eigenvalue weighted by Crippen LogP contribution is -2.41. The first-order valence-electron chi connectivity index (χ1n) is 10.7. The monoisotopic (exact) mass is 414 g/mol. The number of fused-ring (bicyclic) bond motifs is 3. The van der Waals surface area contributed by atoms with Gasteiger partial charge in [-0.25, -0.2) is 4.79 Å². The second kappa shape index (κ2) is 8.40. The van der Waals surface area contributed by atoms with Crippen molar-refractivity contribution < 1.29 is 19.1 Å². The highest BCUT2D eigenvalue weighted by molar-refractivity contribution is 5.86. The first-order chi connectivity index (χ1) is 14.4. The van der Waals surface area contributed by atoms with Crippen molar-refractivity contribution in [2.24, 2.45) is 0 Å². The van der Waals surface area contributed by atoms with Crippen LogP contribution >= 0.6 is 0 Å². The molecule has 1 aromatic heterocycles. The Morgan fingerprint density at radius 2 is 2.00 bits per heavy atom. The van der Waals surface area contributed by atoms with Crippen LogP contribution in [0.1, 0.15) is 36.0 Å². The van der Waals surface area contributed by atoms with E-state index in [1.165, 1.54) is 0 Å². The Hall–Kier alpha value is -2.38. The van der Waals surface area contributed by atoms with Crippen LogP contribution in [0.2, 0.25) is 0 Å². The van der Waals surface area contributed by atoms with Gasteiger partial charge in [-0.3, -0.25) is 4.79 Å². The maximum Gasteiger partial charge on any atom is 0.339 e. The summed E-state index contributed by atoms with van der Waals surface area (Å²) in [5.74, 6) is 0.392. The molecule has 7 heteroatoms. The predicted molar refractivity (Wildman–Crippen MR) is 114 cm³/mol. The van der Waals surface area contributed by atoms with Crippen LogP contribution in [0.5, 0.6) is 5.75 Å². The Kier molecular flexibility index (Phi) is 5.84. The molecule has 2 atom stereocenters. The number of hydrogen-bond acceptors (Lipinski definition) is 6. The van der Waals surface area contributed by atoms with E-state index in [-0.39, 0.29) is 36.8 Å². The van der Waals surface area contributed by atoms with Gasteiger partial charge in [-0.15, -0.1) is 0 Å². The van der Waals surface area contributed by atoms with E-state index >= 15 is 0 Å². The van der Waals surface area contributed by atoms with Crippen molar-refractivity contribution in [3.05, 3.63) is 39.2 Å². The van der Waals surface area contributed by atoms with Gasteiger partial charge in [-0.05, 0) is 70.8 Å². The number of benzene rings is 1. The normalized spacial score (nSPS) is 21.3. The highest BCUT2D eigenvalue weighted by Crippen LogP contribution is 2.32. The number of aliphatic hydroxyl groups excluding tert-OH is 1. The van der Waals surface area contributed by atoms with Crippen LogP contribution in [0.3, 0.4) is 0 Å². The number of rotatable bonds is 5. The molecule has 0 bridgehead atoms. The van der Waals surface area contributed by atoms with Gasteiger partial charge in [0.25, 0.3) is 5.91 Å². The Morgan fingerprint density at radius 3 is 2.70 bits per heavy atom. The molecule has 4 rings (SSSR count). The molecule has 7 nitrogen and oxygen atoms in total. The number of nitrogens with zero attached hydrogens (tertiary/aromatic N) is 2. The number of carbonyl (C=O) groups excluding carboxylic acids is 1. The number of likely N-dealkylation sites (tertiary alicyclic amines) is 1. The molecule has 1 fully saturated rings. The van der Waals surface area contributed by atoms with Gasteiger partial charge in [0.1, 0.15) is 11.3 Å². The molecular weight excluding hydrogens is 384 g/mol. The van der Waals surface area contributed by atoms with E-state index in [0.29, 0.717) is 17.9 Å². The summed E-state index contributed by atoms with van der Waals surface area (Å²) >= 11 is 0. The molecule has 2 heterocycles. The van der Waals surface area contributed by atoms with E-state index in [1.54, 1.807) is 4.90 Å². The molecule has 1 N–H and O–H groups in total.